The van der Waals surface area contributed by atoms with Crippen LogP contribution in [0.1, 0.15) is 18.1 Å². The summed E-state index contributed by atoms with van der Waals surface area (Å²) in [6, 6.07) is 7.93. The molecule has 0 aromatic heterocycles. The zero-order valence-corrected chi connectivity index (χ0v) is 28.3. The van der Waals surface area contributed by atoms with Crippen LogP contribution in [0.15, 0.2) is 42.5 Å². The Hall–Kier alpha value is -3.67. The van der Waals surface area contributed by atoms with Gasteiger partial charge in [-0.2, -0.15) is 0 Å². The molecule has 294 valence electrons. The van der Waals surface area contributed by atoms with Crippen molar-refractivity contribution in [3.63, 3.8) is 0 Å². The maximum atomic E-state index is 12.6. The number of aliphatic hydroxyl groups excluding tert-OH is 6. The number of phenolic OH excluding ortho intramolecular Hbond substituents is 4. The van der Waals surface area contributed by atoms with Crippen LogP contribution >= 0.6 is 0 Å². The molecule has 3 aliphatic rings. The molecule has 19 heteroatoms. The van der Waals surface area contributed by atoms with Crippen molar-refractivity contribution < 1.29 is 94.1 Å². The van der Waals surface area contributed by atoms with Crippen LogP contribution in [-0.2, 0) is 44.4 Å². The first-order valence-corrected chi connectivity index (χ1v) is 16.6. The average Bonchev–Trinajstić information content (AvgIpc) is 3.42. The Balaban J connectivity index is 1.32. The van der Waals surface area contributed by atoms with Gasteiger partial charge in [-0.05, 0) is 54.8 Å². The van der Waals surface area contributed by atoms with E-state index in [9.17, 15) is 61.0 Å². The van der Waals surface area contributed by atoms with Crippen LogP contribution in [0.5, 0.6) is 23.0 Å². The van der Waals surface area contributed by atoms with Crippen LogP contribution in [0.4, 0.5) is 0 Å². The number of rotatable bonds is 13. The zero-order valence-electron chi connectivity index (χ0n) is 28.3. The Labute approximate surface area is 302 Å². The first kappa shape index (κ1) is 40.5. The van der Waals surface area contributed by atoms with Crippen molar-refractivity contribution in [2.45, 2.75) is 92.8 Å². The molecule has 0 radical (unpaired) electrons. The molecule has 3 saturated heterocycles. The van der Waals surface area contributed by atoms with Crippen LogP contribution in [0.3, 0.4) is 0 Å². The second kappa shape index (κ2) is 17.2. The highest BCUT2D eigenvalue weighted by atomic mass is 16.8. The summed E-state index contributed by atoms with van der Waals surface area (Å²) in [6.07, 6.45) is -17.0. The Morgan fingerprint density at radius 1 is 0.830 bits per heavy atom. The average molecular weight is 757 g/mol. The van der Waals surface area contributed by atoms with E-state index in [0.29, 0.717) is 11.1 Å². The highest BCUT2D eigenvalue weighted by Gasteiger charge is 2.55. The van der Waals surface area contributed by atoms with Crippen molar-refractivity contribution in [1.29, 1.82) is 0 Å². The SMILES string of the molecule is CC1OC(OC2C(O)C(COC(=O)C=Cc3ccc(O)c(O)c3)OC(OCCc3ccc(O)c(O)c3)C2O)C(OC2OCC(O)(CO)C2O)C(O)C1O. The summed E-state index contributed by atoms with van der Waals surface area (Å²) < 4.78 is 39.5. The van der Waals surface area contributed by atoms with Crippen molar-refractivity contribution in [3.8, 4) is 23.0 Å². The normalized spacial score (nSPS) is 36.2. The summed E-state index contributed by atoms with van der Waals surface area (Å²) in [6.45, 7) is -0.798. The molecule has 0 saturated carbocycles. The predicted octanol–water partition coefficient (Wildman–Crippen LogP) is -2.55. The fourth-order valence-corrected chi connectivity index (χ4v) is 5.85. The lowest BCUT2D eigenvalue weighted by atomic mass is 9.96. The molecular weight excluding hydrogens is 712 g/mol. The molecule has 2 aromatic carbocycles. The summed E-state index contributed by atoms with van der Waals surface area (Å²) in [7, 11) is 0. The second-order valence-corrected chi connectivity index (χ2v) is 13.0. The fraction of sp³-hybridized carbons (Fsp3) is 0.559. The lowest BCUT2D eigenvalue weighted by Gasteiger charge is -2.47. The lowest BCUT2D eigenvalue weighted by molar-refractivity contribution is -0.371. The molecule has 53 heavy (non-hydrogen) atoms. The maximum absolute atomic E-state index is 12.6. The largest absolute Gasteiger partial charge is 0.504 e. The van der Waals surface area contributed by atoms with E-state index in [1.54, 1.807) is 0 Å². The van der Waals surface area contributed by atoms with E-state index < -0.39 is 111 Å². The van der Waals surface area contributed by atoms with Crippen molar-refractivity contribution in [3.05, 3.63) is 53.6 Å². The molecule has 5 rings (SSSR count). The number of hydrogen-bond acceptors (Lipinski definition) is 19. The third kappa shape index (κ3) is 9.35. The number of carbonyl (C=O) groups excluding carboxylic acids is 1. The number of aliphatic hydroxyl groups is 7. The number of ether oxygens (including phenoxy) is 7. The maximum Gasteiger partial charge on any atom is 0.330 e. The summed E-state index contributed by atoms with van der Waals surface area (Å²) in [4.78, 5) is 12.6. The molecule has 0 spiro atoms. The van der Waals surface area contributed by atoms with Gasteiger partial charge in [0.25, 0.3) is 0 Å². The van der Waals surface area contributed by atoms with Gasteiger partial charge in [-0.3, -0.25) is 0 Å². The van der Waals surface area contributed by atoms with Gasteiger partial charge in [-0.1, -0.05) is 12.1 Å². The molecule has 19 nitrogen and oxygen atoms in total. The minimum absolute atomic E-state index is 0.137. The van der Waals surface area contributed by atoms with Crippen LogP contribution in [0.2, 0.25) is 0 Å². The Morgan fingerprint density at radius 3 is 2.17 bits per heavy atom. The lowest BCUT2D eigenvalue weighted by Crippen LogP contribution is -2.65. The number of aromatic hydroxyl groups is 4. The third-order valence-corrected chi connectivity index (χ3v) is 9.10. The van der Waals surface area contributed by atoms with E-state index >= 15 is 0 Å². The van der Waals surface area contributed by atoms with Crippen LogP contribution < -0.4 is 0 Å². The molecule has 3 fully saturated rings. The first-order valence-electron chi connectivity index (χ1n) is 16.6. The number of benzene rings is 2. The molecule has 2 aromatic rings. The molecule has 0 amide bonds. The van der Waals surface area contributed by atoms with Gasteiger partial charge in [0.05, 0.1) is 25.9 Å². The summed E-state index contributed by atoms with van der Waals surface area (Å²) in [5.41, 5.74) is -1.21. The Kier molecular flexibility index (Phi) is 13.2. The van der Waals surface area contributed by atoms with Crippen LogP contribution in [-0.4, -0.2) is 168 Å². The molecule has 13 atom stereocenters. The Morgan fingerprint density at radius 2 is 1.51 bits per heavy atom. The van der Waals surface area contributed by atoms with Gasteiger partial charge in [0.2, 0.25) is 0 Å². The zero-order chi connectivity index (χ0) is 38.6. The number of carbonyl (C=O) groups is 1. The minimum Gasteiger partial charge on any atom is -0.504 e. The van der Waals surface area contributed by atoms with Gasteiger partial charge in [0, 0.05) is 6.08 Å². The molecule has 0 aliphatic carbocycles. The Bertz CT molecular complexity index is 1570. The van der Waals surface area contributed by atoms with Crippen molar-refractivity contribution in [1.82, 2.24) is 0 Å². The van der Waals surface area contributed by atoms with Gasteiger partial charge in [0.15, 0.2) is 41.9 Å². The van der Waals surface area contributed by atoms with Gasteiger partial charge in [-0.25, -0.2) is 4.79 Å². The number of phenols is 4. The van der Waals surface area contributed by atoms with Gasteiger partial charge < -0.3 is 89.3 Å². The van der Waals surface area contributed by atoms with E-state index in [-0.39, 0.29) is 30.3 Å². The van der Waals surface area contributed by atoms with Crippen LogP contribution in [0, 0.1) is 0 Å². The highest BCUT2D eigenvalue weighted by molar-refractivity contribution is 5.87. The molecule has 11 N–H and O–H groups in total. The van der Waals surface area contributed by atoms with E-state index in [0.717, 1.165) is 6.08 Å². The molecule has 0 bridgehead atoms. The summed E-state index contributed by atoms with van der Waals surface area (Å²) in [5.74, 6) is -2.38. The first-order chi connectivity index (χ1) is 25.1. The third-order valence-electron chi connectivity index (χ3n) is 9.10. The van der Waals surface area contributed by atoms with E-state index in [1.165, 1.54) is 49.4 Å². The molecule has 3 heterocycles. The standard InChI is InChI=1S/C34H44O19/c1-15-24(41)26(43)29(53-33-30(45)34(46,13-35)14-49-33)32(50-15)52-28-25(42)22(12-48-23(40)7-4-16-2-5-18(36)20(38)10-16)51-31(27(28)44)47-9-8-17-3-6-19(37)21(39)11-17/h2-7,10-11,15,22,24-33,35-39,41-46H,8-9,12-14H2,1H3. The molecule has 13 unspecified atom stereocenters. The smallest absolute Gasteiger partial charge is 0.330 e. The topological polar surface area (TPSA) is 304 Å². The summed E-state index contributed by atoms with van der Waals surface area (Å²) in [5, 5.41) is 113. The fourth-order valence-electron chi connectivity index (χ4n) is 5.85. The van der Waals surface area contributed by atoms with Crippen molar-refractivity contribution >= 4 is 12.0 Å². The predicted molar refractivity (Wildman–Crippen MR) is 174 cm³/mol. The second-order valence-electron chi connectivity index (χ2n) is 13.0. The van der Waals surface area contributed by atoms with E-state index in [2.05, 4.69) is 0 Å². The quantitative estimate of drug-likeness (QED) is 0.0569. The van der Waals surface area contributed by atoms with Crippen molar-refractivity contribution in [2.24, 2.45) is 0 Å². The van der Waals surface area contributed by atoms with Crippen molar-refractivity contribution in [2.75, 3.05) is 26.4 Å². The van der Waals surface area contributed by atoms with Gasteiger partial charge >= 0.3 is 5.97 Å². The molecule has 3 aliphatic heterocycles. The summed E-state index contributed by atoms with van der Waals surface area (Å²) >= 11 is 0. The number of esters is 1. The van der Waals surface area contributed by atoms with E-state index in [1.807, 2.05) is 0 Å². The minimum atomic E-state index is -2.10. The van der Waals surface area contributed by atoms with Crippen LogP contribution in [0.25, 0.3) is 6.08 Å². The van der Waals surface area contributed by atoms with Gasteiger partial charge in [0.1, 0.15) is 61.0 Å². The number of hydrogen-bond donors (Lipinski definition) is 11. The van der Waals surface area contributed by atoms with Gasteiger partial charge in [-0.15, -0.1) is 0 Å². The highest BCUT2D eigenvalue weighted by Crippen LogP contribution is 2.34. The molecular formula is C34H44O19. The monoisotopic (exact) mass is 756 g/mol. The van der Waals surface area contributed by atoms with E-state index in [4.69, 9.17) is 33.2 Å².